The Bertz CT molecular complexity index is 1010. The second-order valence-corrected chi connectivity index (χ2v) is 7.48. The number of anilines is 2. The van der Waals surface area contributed by atoms with Gasteiger partial charge in [0.1, 0.15) is 17.3 Å². The van der Waals surface area contributed by atoms with E-state index in [4.69, 9.17) is 20.6 Å². The van der Waals surface area contributed by atoms with E-state index in [1.165, 1.54) is 11.9 Å². The molecular weight excluding hydrogens is 384 g/mol. The number of nitrogens with zero attached hydrogens (tertiary/aromatic N) is 1. The summed E-state index contributed by atoms with van der Waals surface area (Å²) in [7, 11) is 1.64. The van der Waals surface area contributed by atoms with E-state index in [1.54, 1.807) is 31.5 Å². The van der Waals surface area contributed by atoms with Crippen LogP contribution >= 0.6 is 11.9 Å². The second kappa shape index (κ2) is 9.34. The molecule has 2 aromatic carbocycles. The molecule has 0 aliphatic carbocycles. The van der Waals surface area contributed by atoms with Crippen molar-refractivity contribution in [3.8, 4) is 11.5 Å². The molecule has 0 saturated carbocycles. The summed E-state index contributed by atoms with van der Waals surface area (Å²) in [5.41, 5.74) is 8.30. The maximum atomic E-state index is 8.62. The third-order valence-corrected chi connectivity index (χ3v) is 4.83. The molecule has 0 bridgehead atoms. The lowest BCUT2D eigenvalue weighted by molar-refractivity contribution is 0.242. The highest BCUT2D eigenvalue weighted by atomic mass is 32.2. The van der Waals surface area contributed by atoms with Crippen LogP contribution in [0.25, 0.3) is 0 Å². The number of pyridine rings is 1. The van der Waals surface area contributed by atoms with E-state index in [-0.39, 0.29) is 6.10 Å². The number of ether oxygens (including phenoxy) is 2. The van der Waals surface area contributed by atoms with Crippen LogP contribution in [0, 0.1) is 5.41 Å². The monoisotopic (exact) mass is 408 g/mol. The smallest absolute Gasteiger partial charge is 0.136 e. The molecule has 6 nitrogen and oxygen atoms in total. The Labute approximate surface area is 175 Å². The molecular formula is C22H24N4O2S. The number of benzene rings is 2. The van der Waals surface area contributed by atoms with Crippen LogP contribution in [-0.2, 0) is 0 Å². The predicted octanol–water partition coefficient (Wildman–Crippen LogP) is 4.99. The van der Waals surface area contributed by atoms with Crippen molar-refractivity contribution in [2.75, 3.05) is 17.6 Å². The number of hydrogen-bond donors (Lipinski definition) is 3. The zero-order valence-corrected chi connectivity index (χ0v) is 17.4. The molecule has 3 aromatic rings. The van der Waals surface area contributed by atoms with Crippen LogP contribution in [0.4, 0.5) is 11.5 Å². The summed E-state index contributed by atoms with van der Waals surface area (Å²) in [4.78, 5) is 5.33. The number of hydrogen-bond acceptors (Lipinski definition) is 7. The fourth-order valence-electron chi connectivity index (χ4n) is 2.67. The van der Waals surface area contributed by atoms with Gasteiger partial charge >= 0.3 is 0 Å². The lowest BCUT2D eigenvalue weighted by Crippen LogP contribution is -2.09. The van der Waals surface area contributed by atoms with Gasteiger partial charge in [0.25, 0.3) is 0 Å². The highest BCUT2D eigenvalue weighted by Gasteiger charge is 2.12. The molecule has 0 atom stereocenters. The fourth-order valence-corrected chi connectivity index (χ4v) is 3.33. The summed E-state index contributed by atoms with van der Waals surface area (Å²) in [6.45, 7) is 3.92. The Kier molecular flexibility index (Phi) is 6.61. The molecule has 1 heterocycles. The Hall–Kier alpha value is -3.19. The maximum absolute atomic E-state index is 8.62. The SMILES string of the molecule is COc1cccc(SNc2cc(C(=N)c3cc(OC(C)C)ccc3N)ccn2)c1. The standard InChI is InChI=1S/C22H24N4O2S/c1-14(2)28-17-7-8-20(23)19(13-17)22(24)15-9-10-25-21(11-15)26-29-18-6-4-5-16(12-18)27-3/h4-14,24H,23H2,1-3H3,(H,25,26). The number of nitrogens with two attached hydrogens (primary N) is 1. The Morgan fingerprint density at radius 1 is 1.10 bits per heavy atom. The first-order valence-corrected chi connectivity index (χ1v) is 9.96. The van der Waals surface area contributed by atoms with Gasteiger partial charge < -0.3 is 19.9 Å². The normalized spacial score (nSPS) is 10.6. The van der Waals surface area contributed by atoms with E-state index in [1.807, 2.05) is 50.2 Å². The summed E-state index contributed by atoms with van der Waals surface area (Å²) < 4.78 is 14.2. The van der Waals surface area contributed by atoms with Crippen LogP contribution < -0.4 is 19.9 Å². The van der Waals surface area contributed by atoms with Crippen LogP contribution in [-0.4, -0.2) is 23.9 Å². The Morgan fingerprint density at radius 3 is 2.69 bits per heavy atom. The van der Waals surface area contributed by atoms with Gasteiger partial charge in [-0.2, -0.15) is 0 Å². The van der Waals surface area contributed by atoms with Crippen molar-refractivity contribution in [3.63, 3.8) is 0 Å². The van der Waals surface area contributed by atoms with E-state index in [0.717, 1.165) is 10.6 Å². The van der Waals surface area contributed by atoms with Gasteiger partial charge in [-0.3, -0.25) is 5.41 Å². The van der Waals surface area contributed by atoms with Crippen molar-refractivity contribution in [1.82, 2.24) is 4.98 Å². The van der Waals surface area contributed by atoms with Crippen molar-refractivity contribution >= 4 is 29.2 Å². The fraction of sp³-hybridized carbons (Fsp3) is 0.182. The molecule has 0 unspecified atom stereocenters. The van der Waals surface area contributed by atoms with Gasteiger partial charge in [0, 0.05) is 27.9 Å². The molecule has 7 heteroatoms. The number of nitrogens with one attached hydrogen (secondary N) is 2. The first kappa shape index (κ1) is 20.5. The molecule has 0 radical (unpaired) electrons. The molecule has 4 N–H and O–H groups in total. The second-order valence-electron chi connectivity index (χ2n) is 6.60. The predicted molar refractivity (Wildman–Crippen MR) is 119 cm³/mol. The number of aromatic nitrogens is 1. The average molecular weight is 409 g/mol. The summed E-state index contributed by atoms with van der Waals surface area (Å²) in [6.07, 6.45) is 1.72. The van der Waals surface area contributed by atoms with Crippen molar-refractivity contribution in [2.24, 2.45) is 0 Å². The first-order valence-electron chi connectivity index (χ1n) is 9.14. The van der Waals surface area contributed by atoms with E-state index < -0.39 is 0 Å². The van der Waals surface area contributed by atoms with E-state index >= 15 is 0 Å². The highest BCUT2D eigenvalue weighted by Crippen LogP contribution is 2.26. The molecule has 3 rings (SSSR count). The van der Waals surface area contributed by atoms with Crippen molar-refractivity contribution in [2.45, 2.75) is 24.8 Å². The van der Waals surface area contributed by atoms with Gasteiger partial charge in [0.05, 0.1) is 18.9 Å². The summed E-state index contributed by atoms with van der Waals surface area (Å²) >= 11 is 1.42. The quantitative estimate of drug-likeness (QED) is 0.276. The van der Waals surface area contributed by atoms with Crippen LogP contribution in [0.1, 0.15) is 25.0 Å². The van der Waals surface area contributed by atoms with Crippen LogP contribution in [0.2, 0.25) is 0 Å². The van der Waals surface area contributed by atoms with E-state index in [0.29, 0.717) is 34.1 Å². The highest BCUT2D eigenvalue weighted by molar-refractivity contribution is 8.00. The van der Waals surface area contributed by atoms with Crippen LogP contribution in [0.5, 0.6) is 11.5 Å². The van der Waals surface area contributed by atoms with Gasteiger partial charge in [0.15, 0.2) is 0 Å². The number of nitrogen functional groups attached to an aromatic ring is 1. The summed E-state index contributed by atoms with van der Waals surface area (Å²) in [6, 6.07) is 16.7. The zero-order chi connectivity index (χ0) is 20.8. The largest absolute Gasteiger partial charge is 0.497 e. The first-order chi connectivity index (χ1) is 14.0. The Balaban J connectivity index is 1.77. The summed E-state index contributed by atoms with van der Waals surface area (Å²) in [5.74, 6) is 2.13. The minimum absolute atomic E-state index is 0.0472. The third-order valence-electron chi connectivity index (χ3n) is 4.03. The van der Waals surface area contributed by atoms with Crippen molar-refractivity contribution in [3.05, 3.63) is 71.9 Å². The van der Waals surface area contributed by atoms with Crippen LogP contribution in [0.15, 0.2) is 65.7 Å². The summed E-state index contributed by atoms with van der Waals surface area (Å²) in [5, 5.41) is 8.62. The third kappa shape index (κ3) is 5.42. The minimum Gasteiger partial charge on any atom is -0.497 e. The number of methoxy groups -OCH3 is 1. The molecule has 0 aliphatic heterocycles. The zero-order valence-electron chi connectivity index (χ0n) is 16.6. The van der Waals surface area contributed by atoms with Crippen molar-refractivity contribution < 1.29 is 9.47 Å². The van der Waals surface area contributed by atoms with E-state index in [9.17, 15) is 0 Å². The molecule has 0 fully saturated rings. The molecule has 29 heavy (non-hydrogen) atoms. The van der Waals surface area contributed by atoms with Crippen LogP contribution in [0.3, 0.4) is 0 Å². The topological polar surface area (TPSA) is 93.2 Å². The Morgan fingerprint density at radius 2 is 1.93 bits per heavy atom. The number of rotatable bonds is 8. The van der Waals surface area contributed by atoms with Gasteiger partial charge in [-0.15, -0.1) is 0 Å². The molecule has 150 valence electrons. The van der Waals surface area contributed by atoms with Gasteiger partial charge in [-0.05, 0) is 74.3 Å². The molecule has 0 saturated heterocycles. The van der Waals surface area contributed by atoms with E-state index in [2.05, 4.69) is 9.71 Å². The lowest BCUT2D eigenvalue weighted by Gasteiger charge is -2.14. The van der Waals surface area contributed by atoms with Crippen molar-refractivity contribution in [1.29, 1.82) is 5.41 Å². The van der Waals surface area contributed by atoms with Gasteiger partial charge in [0.2, 0.25) is 0 Å². The minimum atomic E-state index is 0.0472. The molecule has 0 amide bonds. The average Bonchev–Trinajstić information content (AvgIpc) is 2.73. The van der Waals surface area contributed by atoms with Gasteiger partial charge in [-0.1, -0.05) is 6.07 Å². The molecule has 0 aliphatic rings. The van der Waals surface area contributed by atoms with Gasteiger partial charge in [-0.25, -0.2) is 4.98 Å². The molecule has 1 aromatic heterocycles. The lowest BCUT2D eigenvalue weighted by atomic mass is 10.0. The maximum Gasteiger partial charge on any atom is 0.136 e. The molecule has 0 spiro atoms.